The van der Waals surface area contributed by atoms with Gasteiger partial charge in [-0.05, 0) is 31.0 Å². The monoisotopic (exact) mass is 467 g/mol. The molecule has 1 aromatic heterocycles. The molecule has 1 aliphatic rings. The zero-order valence-electron chi connectivity index (χ0n) is 18.4. The lowest BCUT2D eigenvalue weighted by Crippen LogP contribution is -2.39. The number of benzene rings is 2. The summed E-state index contributed by atoms with van der Waals surface area (Å²) in [6.07, 6.45) is 4.33. The fraction of sp³-hybridized carbons (Fsp3) is 0.320. The van der Waals surface area contributed by atoms with Crippen molar-refractivity contribution < 1.29 is 18.7 Å². The molecule has 3 aromatic rings. The molecule has 0 atom stereocenters. The van der Waals surface area contributed by atoms with E-state index in [2.05, 4.69) is 21.7 Å². The number of ether oxygens (including phenoxy) is 1. The van der Waals surface area contributed by atoms with Crippen molar-refractivity contribution in [2.45, 2.75) is 37.5 Å². The number of carbonyl (C=O) groups is 2. The number of anilines is 1. The smallest absolute Gasteiger partial charge is 0.260 e. The van der Waals surface area contributed by atoms with Gasteiger partial charge in [0.05, 0.1) is 24.8 Å². The van der Waals surface area contributed by atoms with Crippen molar-refractivity contribution in [2.24, 2.45) is 0 Å². The lowest BCUT2D eigenvalue weighted by molar-refractivity contribution is -0.120. The van der Waals surface area contributed by atoms with Gasteiger partial charge >= 0.3 is 0 Å². The van der Waals surface area contributed by atoms with Crippen LogP contribution in [0.1, 0.15) is 47.3 Å². The van der Waals surface area contributed by atoms with Crippen LogP contribution < -0.4 is 15.4 Å². The maximum absolute atomic E-state index is 13.8. The third-order valence-corrected chi connectivity index (χ3v) is 6.90. The summed E-state index contributed by atoms with van der Waals surface area (Å²) < 4.78 is 19.4. The minimum absolute atomic E-state index is 0.0507. The number of amides is 2. The Morgan fingerprint density at radius 1 is 1.12 bits per heavy atom. The second kappa shape index (κ2) is 10.1. The molecule has 8 heteroatoms. The van der Waals surface area contributed by atoms with Crippen LogP contribution in [0.4, 0.5) is 9.52 Å². The second-order valence-electron chi connectivity index (χ2n) is 8.22. The number of thiazole rings is 1. The van der Waals surface area contributed by atoms with E-state index in [0.717, 1.165) is 37.0 Å². The van der Waals surface area contributed by atoms with Crippen molar-refractivity contribution in [1.29, 1.82) is 0 Å². The number of nitrogens with zero attached hydrogens (tertiary/aromatic N) is 1. The minimum Gasteiger partial charge on any atom is -0.496 e. The Morgan fingerprint density at radius 2 is 1.85 bits per heavy atom. The predicted molar refractivity (Wildman–Crippen MR) is 126 cm³/mol. The molecule has 1 aliphatic carbocycles. The van der Waals surface area contributed by atoms with Crippen LogP contribution in [0.25, 0.3) is 0 Å². The fourth-order valence-corrected chi connectivity index (χ4v) is 5.13. The molecule has 4 rings (SSSR count). The largest absolute Gasteiger partial charge is 0.496 e. The number of methoxy groups -OCH3 is 1. The van der Waals surface area contributed by atoms with E-state index in [1.54, 1.807) is 18.6 Å². The number of hydrogen-bond acceptors (Lipinski definition) is 5. The SMILES string of the molecule is COc1ccccc1C1(CNC(=O)Cc2csc(NC(=O)c3ccccc3F)n2)CCCC1. The topological polar surface area (TPSA) is 80.3 Å². The van der Waals surface area contributed by atoms with Crippen molar-refractivity contribution >= 4 is 28.3 Å². The highest BCUT2D eigenvalue weighted by Gasteiger charge is 2.38. The Bertz CT molecular complexity index is 1140. The van der Waals surface area contributed by atoms with Crippen LogP contribution in [0.5, 0.6) is 5.75 Å². The van der Waals surface area contributed by atoms with Gasteiger partial charge in [-0.1, -0.05) is 43.2 Å². The molecule has 172 valence electrons. The molecule has 6 nitrogen and oxygen atoms in total. The molecule has 0 saturated heterocycles. The van der Waals surface area contributed by atoms with Gasteiger partial charge in [0.1, 0.15) is 11.6 Å². The van der Waals surface area contributed by atoms with Crippen molar-refractivity contribution in [3.05, 3.63) is 76.5 Å². The average molecular weight is 468 g/mol. The Labute approximate surface area is 196 Å². The molecule has 0 aliphatic heterocycles. The van der Waals surface area contributed by atoms with Crippen LogP contribution in [0.2, 0.25) is 0 Å². The quantitative estimate of drug-likeness (QED) is 0.503. The summed E-state index contributed by atoms with van der Waals surface area (Å²) in [6, 6.07) is 13.8. The van der Waals surface area contributed by atoms with Gasteiger partial charge in [-0.15, -0.1) is 11.3 Å². The summed E-state index contributed by atoms with van der Waals surface area (Å²) >= 11 is 1.20. The van der Waals surface area contributed by atoms with Gasteiger partial charge in [-0.2, -0.15) is 0 Å². The fourth-order valence-electron chi connectivity index (χ4n) is 4.43. The number of rotatable bonds is 8. The van der Waals surface area contributed by atoms with Crippen molar-refractivity contribution in [3.8, 4) is 5.75 Å². The van der Waals surface area contributed by atoms with Gasteiger partial charge in [0.15, 0.2) is 5.13 Å². The highest BCUT2D eigenvalue weighted by atomic mass is 32.1. The summed E-state index contributed by atoms with van der Waals surface area (Å²) in [7, 11) is 1.67. The first-order chi connectivity index (χ1) is 16.0. The first-order valence-electron chi connectivity index (χ1n) is 10.9. The van der Waals surface area contributed by atoms with E-state index < -0.39 is 11.7 Å². The van der Waals surface area contributed by atoms with Crippen LogP contribution in [-0.2, 0) is 16.6 Å². The summed E-state index contributed by atoms with van der Waals surface area (Å²) in [6.45, 7) is 0.535. The Hall–Kier alpha value is -3.26. The van der Waals surface area contributed by atoms with Crippen LogP contribution in [0.15, 0.2) is 53.9 Å². The van der Waals surface area contributed by atoms with Crippen molar-refractivity contribution in [2.75, 3.05) is 19.0 Å². The van der Waals surface area contributed by atoms with E-state index in [-0.39, 0.29) is 23.3 Å². The molecule has 1 saturated carbocycles. The Morgan fingerprint density at radius 3 is 2.61 bits per heavy atom. The number of hydrogen-bond donors (Lipinski definition) is 2. The predicted octanol–water partition coefficient (Wildman–Crippen LogP) is 4.71. The van der Waals surface area contributed by atoms with Crippen molar-refractivity contribution in [3.63, 3.8) is 0 Å². The molecule has 0 spiro atoms. The van der Waals surface area contributed by atoms with Gasteiger partial charge in [-0.25, -0.2) is 9.37 Å². The second-order valence-corrected chi connectivity index (χ2v) is 9.08. The molecular weight excluding hydrogens is 441 g/mol. The normalized spacial score (nSPS) is 14.6. The molecule has 2 amide bonds. The van der Waals surface area contributed by atoms with Crippen molar-refractivity contribution in [1.82, 2.24) is 10.3 Å². The first kappa shape index (κ1) is 22.9. The highest BCUT2D eigenvalue weighted by Crippen LogP contribution is 2.44. The van der Waals surface area contributed by atoms with E-state index in [1.807, 2.05) is 18.2 Å². The van der Waals surface area contributed by atoms with Gasteiger partial charge < -0.3 is 10.1 Å². The highest BCUT2D eigenvalue weighted by molar-refractivity contribution is 7.14. The molecule has 2 N–H and O–H groups in total. The van der Waals surface area contributed by atoms with Gasteiger partial charge in [0, 0.05) is 22.9 Å². The van der Waals surface area contributed by atoms with Crippen LogP contribution in [0, 0.1) is 5.82 Å². The van der Waals surface area contributed by atoms with Crippen LogP contribution in [0.3, 0.4) is 0 Å². The number of halogens is 1. The Kier molecular flexibility index (Phi) is 7.03. The maximum atomic E-state index is 13.8. The first-order valence-corrected chi connectivity index (χ1v) is 11.8. The summed E-state index contributed by atoms with van der Waals surface area (Å²) in [4.78, 5) is 29.3. The third kappa shape index (κ3) is 5.22. The lowest BCUT2D eigenvalue weighted by Gasteiger charge is -2.31. The lowest BCUT2D eigenvalue weighted by atomic mass is 9.78. The van der Waals surface area contributed by atoms with Gasteiger partial charge in [0.25, 0.3) is 5.91 Å². The standard InChI is InChI=1S/C25H26FN3O3S/c1-32-21-11-5-3-9-19(21)25(12-6-7-13-25)16-27-22(30)14-17-15-33-24(28-17)29-23(31)18-8-2-4-10-20(18)26/h2-5,8-11,15H,6-7,12-14,16H2,1H3,(H,27,30)(H,28,29,31). The van der Waals surface area contributed by atoms with E-state index in [0.29, 0.717) is 17.4 Å². The number of aromatic nitrogens is 1. The molecule has 0 unspecified atom stereocenters. The molecule has 1 heterocycles. The molecule has 0 bridgehead atoms. The van der Waals surface area contributed by atoms with Crippen LogP contribution >= 0.6 is 11.3 Å². The zero-order chi connectivity index (χ0) is 23.3. The molecule has 0 radical (unpaired) electrons. The summed E-state index contributed by atoms with van der Waals surface area (Å²) in [5.41, 5.74) is 1.50. The molecule has 1 fully saturated rings. The maximum Gasteiger partial charge on any atom is 0.260 e. The Balaban J connectivity index is 1.37. The number of nitrogens with one attached hydrogen (secondary N) is 2. The van der Waals surface area contributed by atoms with E-state index in [9.17, 15) is 14.0 Å². The molecular formula is C25H26FN3O3S. The third-order valence-electron chi connectivity index (χ3n) is 6.10. The average Bonchev–Trinajstić information content (AvgIpc) is 3.48. The van der Waals surface area contributed by atoms with E-state index in [1.165, 1.54) is 29.5 Å². The van der Waals surface area contributed by atoms with E-state index in [4.69, 9.17) is 4.74 Å². The van der Waals surface area contributed by atoms with Crippen LogP contribution in [-0.4, -0.2) is 30.5 Å². The number of para-hydroxylation sites is 1. The molecule has 33 heavy (non-hydrogen) atoms. The molecule has 2 aromatic carbocycles. The zero-order valence-corrected chi connectivity index (χ0v) is 19.2. The number of carbonyl (C=O) groups excluding carboxylic acids is 2. The van der Waals surface area contributed by atoms with Gasteiger partial charge in [0.2, 0.25) is 5.91 Å². The van der Waals surface area contributed by atoms with E-state index >= 15 is 0 Å². The van der Waals surface area contributed by atoms with Gasteiger partial charge in [-0.3, -0.25) is 14.9 Å². The summed E-state index contributed by atoms with van der Waals surface area (Å²) in [5, 5.41) is 7.72. The minimum atomic E-state index is -0.595. The summed E-state index contributed by atoms with van der Waals surface area (Å²) in [5.74, 6) is -0.447.